The van der Waals surface area contributed by atoms with Gasteiger partial charge in [0.25, 0.3) is 0 Å². The van der Waals surface area contributed by atoms with E-state index in [9.17, 15) is 0 Å². The van der Waals surface area contributed by atoms with E-state index < -0.39 is 0 Å². The molecule has 0 radical (unpaired) electrons. The van der Waals surface area contributed by atoms with Crippen LogP contribution in [0.3, 0.4) is 0 Å². The van der Waals surface area contributed by atoms with Gasteiger partial charge in [0, 0.05) is 11.9 Å². The molecular formula is C11H12N4S. The first kappa shape index (κ1) is 10.9. The Bertz CT molecular complexity index is 513. The number of pyridine rings is 1. The summed E-state index contributed by atoms with van der Waals surface area (Å²) in [6.45, 7) is 3.91. The van der Waals surface area contributed by atoms with Gasteiger partial charge in [-0.2, -0.15) is 0 Å². The van der Waals surface area contributed by atoms with Crippen molar-refractivity contribution < 1.29 is 0 Å². The molecule has 0 bridgehead atoms. The summed E-state index contributed by atoms with van der Waals surface area (Å²) in [4.78, 5) is 12.8. The summed E-state index contributed by atoms with van der Waals surface area (Å²) >= 11 is 1.45. The van der Waals surface area contributed by atoms with Crippen molar-refractivity contribution in [1.29, 1.82) is 0 Å². The monoisotopic (exact) mass is 232 g/mol. The van der Waals surface area contributed by atoms with Crippen LogP contribution in [0.2, 0.25) is 0 Å². The fourth-order valence-corrected chi connectivity index (χ4v) is 2.05. The van der Waals surface area contributed by atoms with Crippen molar-refractivity contribution in [2.24, 2.45) is 0 Å². The maximum Gasteiger partial charge on any atom is 0.194 e. The largest absolute Gasteiger partial charge is 0.397 e. The first-order chi connectivity index (χ1) is 7.65. The van der Waals surface area contributed by atoms with Crippen LogP contribution in [0.25, 0.3) is 0 Å². The minimum atomic E-state index is 0.673. The molecule has 0 aromatic carbocycles. The molecule has 0 unspecified atom stereocenters. The van der Waals surface area contributed by atoms with Crippen molar-refractivity contribution in [2.75, 3.05) is 5.73 Å². The van der Waals surface area contributed by atoms with Crippen molar-refractivity contribution >= 4 is 17.4 Å². The molecule has 0 aliphatic rings. The highest BCUT2D eigenvalue weighted by Crippen LogP contribution is 2.26. The second-order valence-electron chi connectivity index (χ2n) is 3.47. The van der Waals surface area contributed by atoms with Crippen molar-refractivity contribution in [2.45, 2.75) is 24.0 Å². The fraction of sp³-hybridized carbons (Fsp3) is 0.182. The number of aryl methyl sites for hydroxylation is 2. The minimum Gasteiger partial charge on any atom is -0.397 e. The van der Waals surface area contributed by atoms with Crippen molar-refractivity contribution in [3.05, 3.63) is 35.8 Å². The molecule has 0 fully saturated rings. The van der Waals surface area contributed by atoms with Gasteiger partial charge >= 0.3 is 0 Å². The van der Waals surface area contributed by atoms with E-state index >= 15 is 0 Å². The minimum absolute atomic E-state index is 0.673. The lowest BCUT2D eigenvalue weighted by atomic mass is 10.3. The molecule has 4 nitrogen and oxygen atoms in total. The molecule has 82 valence electrons. The van der Waals surface area contributed by atoms with Crippen LogP contribution in [-0.2, 0) is 0 Å². The average molecular weight is 232 g/mol. The van der Waals surface area contributed by atoms with Crippen LogP contribution in [0, 0.1) is 13.8 Å². The van der Waals surface area contributed by atoms with Gasteiger partial charge in [0.1, 0.15) is 5.03 Å². The lowest BCUT2D eigenvalue weighted by molar-refractivity contribution is 0.925. The molecule has 16 heavy (non-hydrogen) atoms. The molecule has 2 aromatic heterocycles. The first-order valence-corrected chi connectivity index (χ1v) is 5.66. The highest BCUT2D eigenvalue weighted by Gasteiger charge is 2.05. The third kappa shape index (κ3) is 2.49. The zero-order chi connectivity index (χ0) is 11.5. The predicted octanol–water partition coefficient (Wildman–Crippen LogP) is 2.22. The molecule has 0 amide bonds. The summed E-state index contributed by atoms with van der Waals surface area (Å²) in [6, 6.07) is 3.76. The van der Waals surface area contributed by atoms with Crippen LogP contribution >= 0.6 is 11.8 Å². The molecule has 5 heteroatoms. The number of rotatable bonds is 2. The van der Waals surface area contributed by atoms with Gasteiger partial charge in [0.2, 0.25) is 0 Å². The van der Waals surface area contributed by atoms with Crippen molar-refractivity contribution in [1.82, 2.24) is 15.0 Å². The van der Waals surface area contributed by atoms with E-state index in [1.54, 1.807) is 12.4 Å². The topological polar surface area (TPSA) is 64.7 Å². The standard InChI is InChI=1S/C11H12N4S/c1-7-5-9(12)6-14-10(7)16-11-13-4-3-8(2)15-11/h3-6H,12H2,1-2H3. The summed E-state index contributed by atoms with van der Waals surface area (Å²) in [6.07, 6.45) is 3.39. The van der Waals surface area contributed by atoms with E-state index in [1.807, 2.05) is 26.0 Å². The molecule has 0 saturated carbocycles. The van der Waals surface area contributed by atoms with Crippen LogP contribution in [0.5, 0.6) is 0 Å². The van der Waals surface area contributed by atoms with E-state index in [1.165, 1.54) is 11.8 Å². The van der Waals surface area contributed by atoms with Gasteiger partial charge < -0.3 is 5.73 Å². The number of hydrogen-bond acceptors (Lipinski definition) is 5. The van der Waals surface area contributed by atoms with E-state index in [4.69, 9.17) is 5.73 Å². The van der Waals surface area contributed by atoms with Crippen LogP contribution in [0.15, 0.2) is 34.7 Å². The number of nitrogens with two attached hydrogens (primary N) is 1. The van der Waals surface area contributed by atoms with Gasteiger partial charge in [-0.25, -0.2) is 15.0 Å². The summed E-state index contributed by atoms with van der Waals surface area (Å²) in [5, 5.41) is 1.60. The first-order valence-electron chi connectivity index (χ1n) is 4.85. The zero-order valence-corrected chi connectivity index (χ0v) is 9.95. The van der Waals surface area contributed by atoms with E-state index in [0.29, 0.717) is 10.8 Å². The van der Waals surface area contributed by atoms with Crippen LogP contribution < -0.4 is 5.73 Å². The Hall–Kier alpha value is -1.62. The smallest absolute Gasteiger partial charge is 0.194 e. The number of nitrogen functional groups attached to an aromatic ring is 1. The van der Waals surface area contributed by atoms with Crippen LogP contribution in [0.4, 0.5) is 5.69 Å². The molecule has 2 aromatic rings. The quantitative estimate of drug-likeness (QED) is 0.804. The third-order valence-electron chi connectivity index (χ3n) is 2.01. The highest BCUT2D eigenvalue weighted by atomic mass is 32.2. The summed E-state index contributed by atoms with van der Waals surface area (Å²) < 4.78 is 0. The van der Waals surface area contributed by atoms with E-state index in [0.717, 1.165) is 16.3 Å². The second kappa shape index (κ2) is 4.49. The van der Waals surface area contributed by atoms with E-state index in [2.05, 4.69) is 15.0 Å². The van der Waals surface area contributed by atoms with Gasteiger partial charge in [-0.1, -0.05) is 0 Å². The Labute approximate surface area is 98.3 Å². The molecule has 2 N–H and O–H groups in total. The molecule has 2 heterocycles. The normalized spacial score (nSPS) is 10.4. The molecule has 0 aliphatic carbocycles. The van der Waals surface area contributed by atoms with Gasteiger partial charge in [-0.05, 0) is 43.3 Å². The Morgan fingerprint density at radius 3 is 2.75 bits per heavy atom. The SMILES string of the molecule is Cc1ccnc(Sc2ncc(N)cc2C)n1. The summed E-state index contributed by atoms with van der Waals surface area (Å²) in [5.41, 5.74) is 8.30. The fourth-order valence-electron chi connectivity index (χ4n) is 1.25. The molecule has 0 spiro atoms. The van der Waals surface area contributed by atoms with Gasteiger partial charge in [0.05, 0.1) is 11.9 Å². The van der Waals surface area contributed by atoms with Crippen molar-refractivity contribution in [3.63, 3.8) is 0 Å². The molecular weight excluding hydrogens is 220 g/mol. The van der Waals surface area contributed by atoms with Crippen LogP contribution in [0.1, 0.15) is 11.3 Å². The van der Waals surface area contributed by atoms with Gasteiger partial charge in [-0.3, -0.25) is 0 Å². The number of aromatic nitrogens is 3. The number of hydrogen-bond donors (Lipinski definition) is 1. The molecule has 0 atom stereocenters. The number of anilines is 1. The number of nitrogens with zero attached hydrogens (tertiary/aromatic N) is 3. The van der Waals surface area contributed by atoms with Crippen LogP contribution in [-0.4, -0.2) is 15.0 Å². The van der Waals surface area contributed by atoms with Crippen molar-refractivity contribution in [3.8, 4) is 0 Å². The lowest BCUT2D eigenvalue weighted by Gasteiger charge is -2.04. The molecule has 0 saturated heterocycles. The van der Waals surface area contributed by atoms with E-state index in [-0.39, 0.29) is 0 Å². The Morgan fingerprint density at radius 1 is 1.25 bits per heavy atom. The molecule has 2 rings (SSSR count). The third-order valence-corrected chi connectivity index (χ3v) is 3.01. The highest BCUT2D eigenvalue weighted by molar-refractivity contribution is 7.99. The van der Waals surface area contributed by atoms with Gasteiger partial charge in [-0.15, -0.1) is 0 Å². The lowest BCUT2D eigenvalue weighted by Crippen LogP contribution is -1.93. The maximum atomic E-state index is 5.64. The van der Waals surface area contributed by atoms with Gasteiger partial charge in [0.15, 0.2) is 5.16 Å². The second-order valence-corrected chi connectivity index (χ2v) is 4.43. The predicted molar refractivity (Wildman–Crippen MR) is 64.3 cm³/mol. The average Bonchev–Trinajstić information content (AvgIpc) is 2.22. The molecule has 0 aliphatic heterocycles. The summed E-state index contributed by atoms with van der Waals surface area (Å²) in [5.74, 6) is 0. The zero-order valence-electron chi connectivity index (χ0n) is 9.14. The maximum absolute atomic E-state index is 5.64. The Balaban J connectivity index is 2.27. The Kier molecular flexibility index (Phi) is 3.05. The Morgan fingerprint density at radius 2 is 2.06 bits per heavy atom. The summed E-state index contributed by atoms with van der Waals surface area (Å²) in [7, 11) is 0.